The average Bonchev–Trinajstić information content (AvgIpc) is 2.98. The zero-order chi connectivity index (χ0) is 19.3. The minimum Gasteiger partial charge on any atom is -0.337 e. The lowest BCUT2D eigenvalue weighted by Crippen LogP contribution is -2.34. The molecule has 1 fully saturated rings. The average molecular weight is 432 g/mol. The van der Waals surface area contributed by atoms with E-state index in [1.54, 1.807) is 0 Å². The number of nitrogens with zero attached hydrogens (tertiary/aromatic N) is 2. The lowest BCUT2D eigenvalue weighted by molar-refractivity contribution is -0.116. The van der Waals surface area contributed by atoms with Gasteiger partial charge in [0.1, 0.15) is 0 Å². The van der Waals surface area contributed by atoms with Gasteiger partial charge in [0.15, 0.2) is 0 Å². The molecule has 0 radical (unpaired) electrons. The van der Waals surface area contributed by atoms with E-state index in [-0.39, 0.29) is 24.2 Å². The lowest BCUT2D eigenvalue weighted by atomic mass is 10.2. The Morgan fingerprint density at radius 2 is 1.76 bits per heavy atom. The quantitative estimate of drug-likeness (QED) is 0.755. The van der Waals surface area contributed by atoms with Crippen molar-refractivity contribution in [2.75, 3.05) is 43.4 Å². The zero-order valence-electron chi connectivity index (χ0n) is 16.3. The minimum absolute atomic E-state index is 0. The first-order valence-electron chi connectivity index (χ1n) is 9.84. The van der Waals surface area contributed by atoms with Gasteiger partial charge in [-0.25, -0.2) is 0 Å². The van der Waals surface area contributed by atoms with Crippen molar-refractivity contribution < 1.29 is 9.59 Å². The predicted molar refractivity (Wildman–Crippen MR) is 120 cm³/mol. The summed E-state index contributed by atoms with van der Waals surface area (Å²) in [6.45, 7) is 4.01. The molecule has 2 amide bonds. The molecule has 1 saturated heterocycles. The van der Waals surface area contributed by atoms with Gasteiger partial charge in [-0.1, -0.05) is 30.3 Å². The second-order valence-corrected chi connectivity index (χ2v) is 8.12. The highest BCUT2D eigenvalue weighted by Crippen LogP contribution is 2.30. The van der Waals surface area contributed by atoms with Gasteiger partial charge in [-0.15, -0.1) is 24.2 Å². The normalized spacial score (nSPS) is 16.0. The third kappa shape index (κ3) is 4.94. The molecule has 2 aliphatic heterocycles. The largest absolute Gasteiger partial charge is 0.337 e. The number of amides is 2. The summed E-state index contributed by atoms with van der Waals surface area (Å²) < 4.78 is 0. The molecule has 0 saturated carbocycles. The van der Waals surface area contributed by atoms with E-state index in [1.807, 2.05) is 52.3 Å². The number of para-hydroxylation sites is 1. The van der Waals surface area contributed by atoms with E-state index in [0.717, 1.165) is 56.1 Å². The predicted octanol–water partition coefficient (Wildman–Crippen LogP) is 3.23. The fraction of sp³-hybridized carbons (Fsp3) is 0.364. The van der Waals surface area contributed by atoms with Crippen molar-refractivity contribution in [3.63, 3.8) is 0 Å². The number of nitrogens with one attached hydrogen (secondary N) is 1. The fourth-order valence-corrected chi connectivity index (χ4v) is 4.72. The van der Waals surface area contributed by atoms with Gasteiger partial charge in [-0.3, -0.25) is 9.59 Å². The Morgan fingerprint density at radius 1 is 0.966 bits per heavy atom. The standard InChI is InChI=1S/C22H25N3O2S.ClH/c26-21(25-14-10-17-6-1-3-8-19(17)25)16-28-20-9-4-2-7-18(20)22(27)24-13-5-11-23-12-15-24;/h1-4,6-9,23H,5,10-16H2;1H. The molecule has 2 aromatic rings. The number of hydrogen-bond donors (Lipinski definition) is 1. The fourth-order valence-electron chi connectivity index (χ4n) is 3.80. The van der Waals surface area contributed by atoms with Gasteiger partial charge in [0, 0.05) is 36.8 Å². The Bertz CT molecular complexity index is 869. The van der Waals surface area contributed by atoms with Gasteiger partial charge < -0.3 is 15.1 Å². The van der Waals surface area contributed by atoms with Crippen molar-refractivity contribution in [2.45, 2.75) is 17.7 Å². The lowest BCUT2D eigenvalue weighted by Gasteiger charge is -2.22. The Labute approximate surface area is 182 Å². The van der Waals surface area contributed by atoms with Gasteiger partial charge in [0.25, 0.3) is 5.91 Å². The van der Waals surface area contributed by atoms with Crippen molar-refractivity contribution in [2.24, 2.45) is 0 Å². The molecule has 29 heavy (non-hydrogen) atoms. The number of fused-ring (bicyclic) bond motifs is 1. The molecule has 2 heterocycles. The molecule has 0 spiro atoms. The van der Waals surface area contributed by atoms with Gasteiger partial charge in [-0.2, -0.15) is 0 Å². The molecule has 0 aromatic heterocycles. The van der Waals surface area contributed by atoms with Gasteiger partial charge in [-0.05, 0) is 43.1 Å². The number of halogens is 1. The SMILES string of the molecule is Cl.O=C(c1ccccc1SCC(=O)N1CCc2ccccc21)N1CCCNCC1. The number of carbonyl (C=O) groups is 2. The summed E-state index contributed by atoms with van der Waals surface area (Å²) in [5, 5.41) is 3.33. The maximum atomic E-state index is 13.0. The highest BCUT2D eigenvalue weighted by Gasteiger charge is 2.25. The highest BCUT2D eigenvalue weighted by molar-refractivity contribution is 8.00. The maximum Gasteiger partial charge on any atom is 0.255 e. The van der Waals surface area contributed by atoms with Gasteiger partial charge in [0.2, 0.25) is 5.91 Å². The first-order chi connectivity index (χ1) is 13.7. The molecule has 4 rings (SSSR count). The number of anilines is 1. The number of thioether (sulfide) groups is 1. The third-order valence-corrected chi connectivity index (χ3v) is 6.34. The topological polar surface area (TPSA) is 52.7 Å². The molecule has 7 heteroatoms. The number of hydrogen-bond acceptors (Lipinski definition) is 4. The first-order valence-corrected chi connectivity index (χ1v) is 10.8. The van der Waals surface area contributed by atoms with E-state index >= 15 is 0 Å². The van der Waals surface area contributed by atoms with Crippen LogP contribution in [0.4, 0.5) is 5.69 Å². The van der Waals surface area contributed by atoms with Crippen LogP contribution in [0.3, 0.4) is 0 Å². The molecule has 2 aliphatic rings. The molecule has 0 bridgehead atoms. The van der Waals surface area contributed by atoms with E-state index in [1.165, 1.54) is 17.3 Å². The van der Waals surface area contributed by atoms with Crippen LogP contribution >= 0.6 is 24.2 Å². The number of benzene rings is 2. The maximum absolute atomic E-state index is 13.0. The van der Waals surface area contributed by atoms with Crippen LogP contribution in [0.1, 0.15) is 22.3 Å². The molecule has 0 unspecified atom stereocenters. The summed E-state index contributed by atoms with van der Waals surface area (Å²) in [7, 11) is 0. The minimum atomic E-state index is 0. The summed E-state index contributed by atoms with van der Waals surface area (Å²) in [4.78, 5) is 30.5. The van der Waals surface area contributed by atoms with E-state index in [2.05, 4.69) is 11.4 Å². The monoisotopic (exact) mass is 431 g/mol. The van der Waals surface area contributed by atoms with Crippen molar-refractivity contribution >= 4 is 41.7 Å². The van der Waals surface area contributed by atoms with E-state index < -0.39 is 0 Å². The summed E-state index contributed by atoms with van der Waals surface area (Å²) in [5.74, 6) is 0.488. The molecule has 154 valence electrons. The van der Waals surface area contributed by atoms with Crippen LogP contribution in [-0.4, -0.2) is 55.2 Å². The van der Waals surface area contributed by atoms with Crippen LogP contribution in [0, 0.1) is 0 Å². The summed E-state index contributed by atoms with van der Waals surface area (Å²) in [6, 6.07) is 15.7. The smallest absolute Gasteiger partial charge is 0.255 e. The van der Waals surface area contributed by atoms with E-state index in [0.29, 0.717) is 11.3 Å². The van der Waals surface area contributed by atoms with Crippen molar-refractivity contribution in [1.29, 1.82) is 0 Å². The molecular weight excluding hydrogens is 406 g/mol. The third-order valence-electron chi connectivity index (χ3n) is 5.28. The van der Waals surface area contributed by atoms with Crippen LogP contribution in [0.5, 0.6) is 0 Å². The van der Waals surface area contributed by atoms with Gasteiger partial charge >= 0.3 is 0 Å². The summed E-state index contributed by atoms with van der Waals surface area (Å²) >= 11 is 1.46. The molecule has 0 aliphatic carbocycles. The van der Waals surface area contributed by atoms with Crippen LogP contribution in [0.2, 0.25) is 0 Å². The Balaban J connectivity index is 0.00000240. The van der Waals surface area contributed by atoms with Crippen LogP contribution in [0.15, 0.2) is 53.4 Å². The van der Waals surface area contributed by atoms with Crippen molar-refractivity contribution in [3.05, 3.63) is 59.7 Å². The zero-order valence-corrected chi connectivity index (χ0v) is 17.9. The highest BCUT2D eigenvalue weighted by atomic mass is 35.5. The number of rotatable bonds is 4. The summed E-state index contributed by atoms with van der Waals surface area (Å²) in [6.07, 6.45) is 1.87. The second kappa shape index (κ2) is 10.1. The Hall–Kier alpha value is -2.02. The molecular formula is C22H26ClN3O2S. The van der Waals surface area contributed by atoms with E-state index in [4.69, 9.17) is 0 Å². The first kappa shape index (κ1) is 21.7. The molecule has 5 nitrogen and oxygen atoms in total. The van der Waals surface area contributed by atoms with E-state index in [9.17, 15) is 9.59 Å². The van der Waals surface area contributed by atoms with Crippen molar-refractivity contribution in [1.82, 2.24) is 10.2 Å². The van der Waals surface area contributed by atoms with Crippen LogP contribution in [-0.2, 0) is 11.2 Å². The Morgan fingerprint density at radius 3 is 2.66 bits per heavy atom. The van der Waals surface area contributed by atoms with Crippen molar-refractivity contribution in [3.8, 4) is 0 Å². The Kier molecular flexibility index (Phi) is 7.58. The molecule has 1 N–H and O–H groups in total. The number of carbonyl (C=O) groups excluding carboxylic acids is 2. The molecule has 2 aromatic carbocycles. The van der Waals surface area contributed by atoms with Gasteiger partial charge in [0.05, 0.1) is 11.3 Å². The summed E-state index contributed by atoms with van der Waals surface area (Å²) in [5.41, 5.74) is 2.95. The van der Waals surface area contributed by atoms with Crippen LogP contribution in [0.25, 0.3) is 0 Å². The second-order valence-electron chi connectivity index (χ2n) is 7.10. The molecule has 0 atom stereocenters. The van der Waals surface area contributed by atoms with Crippen LogP contribution < -0.4 is 10.2 Å².